The van der Waals surface area contributed by atoms with Gasteiger partial charge >= 0.3 is 0 Å². The first-order valence-electron chi connectivity index (χ1n) is 6.64. The number of hydrogen-bond acceptors (Lipinski definition) is 5. The van der Waals surface area contributed by atoms with Crippen molar-refractivity contribution in [2.24, 2.45) is 0 Å². The predicted octanol–water partition coefficient (Wildman–Crippen LogP) is 1.97. The molecule has 0 aliphatic heterocycles. The molecular formula is C14H18N4O2. The molecule has 2 aromatic heterocycles. The van der Waals surface area contributed by atoms with Gasteiger partial charge in [-0.2, -0.15) is 4.98 Å². The second kappa shape index (κ2) is 6.79. The van der Waals surface area contributed by atoms with Crippen molar-refractivity contribution >= 4 is 5.91 Å². The molecule has 1 N–H and O–H groups in total. The summed E-state index contributed by atoms with van der Waals surface area (Å²) in [5.74, 6) is 1.20. The van der Waals surface area contributed by atoms with Gasteiger partial charge in [0.2, 0.25) is 11.8 Å². The van der Waals surface area contributed by atoms with E-state index in [9.17, 15) is 4.79 Å². The maximum atomic E-state index is 11.8. The average molecular weight is 274 g/mol. The minimum absolute atomic E-state index is 0.000565. The van der Waals surface area contributed by atoms with Crippen LogP contribution in [0.2, 0.25) is 0 Å². The van der Waals surface area contributed by atoms with E-state index in [1.54, 1.807) is 13.1 Å². The Balaban J connectivity index is 1.73. The largest absolute Gasteiger partial charge is 0.348 e. The third kappa shape index (κ3) is 4.15. The summed E-state index contributed by atoms with van der Waals surface area (Å²) in [5.41, 5.74) is 0.855. The van der Waals surface area contributed by atoms with Gasteiger partial charge in [-0.1, -0.05) is 11.2 Å². The van der Waals surface area contributed by atoms with Gasteiger partial charge in [-0.25, -0.2) is 0 Å². The molecule has 1 amide bonds. The number of rotatable bonds is 6. The number of aryl methyl sites for hydroxylation is 2. The molecule has 20 heavy (non-hydrogen) atoms. The van der Waals surface area contributed by atoms with Gasteiger partial charge in [-0.3, -0.25) is 9.78 Å². The van der Waals surface area contributed by atoms with Crippen LogP contribution in [0.3, 0.4) is 0 Å². The number of nitrogens with one attached hydrogen (secondary N) is 1. The lowest BCUT2D eigenvalue weighted by Gasteiger charge is -2.12. The van der Waals surface area contributed by atoms with E-state index in [0.29, 0.717) is 31.0 Å². The van der Waals surface area contributed by atoms with E-state index >= 15 is 0 Å². The van der Waals surface area contributed by atoms with Crippen molar-refractivity contribution in [1.82, 2.24) is 20.4 Å². The fraction of sp³-hybridized carbons (Fsp3) is 0.429. The van der Waals surface area contributed by atoms with Crippen molar-refractivity contribution in [2.75, 3.05) is 0 Å². The van der Waals surface area contributed by atoms with E-state index < -0.39 is 0 Å². The SMILES string of the molecule is Cc1noc(CCCC(=O)NC(C)c2ccccn2)n1. The minimum Gasteiger partial charge on any atom is -0.348 e. The predicted molar refractivity (Wildman–Crippen MR) is 72.8 cm³/mol. The summed E-state index contributed by atoms with van der Waals surface area (Å²) in [6, 6.07) is 5.56. The first-order chi connectivity index (χ1) is 9.65. The smallest absolute Gasteiger partial charge is 0.226 e. The second-order valence-corrected chi connectivity index (χ2v) is 4.63. The average Bonchev–Trinajstić information content (AvgIpc) is 2.85. The number of pyridine rings is 1. The highest BCUT2D eigenvalue weighted by Gasteiger charge is 2.11. The van der Waals surface area contributed by atoms with Crippen LogP contribution < -0.4 is 5.32 Å². The summed E-state index contributed by atoms with van der Waals surface area (Å²) in [5, 5.41) is 6.63. The summed E-state index contributed by atoms with van der Waals surface area (Å²) >= 11 is 0. The zero-order valence-electron chi connectivity index (χ0n) is 11.7. The van der Waals surface area contributed by atoms with Gasteiger partial charge in [-0.05, 0) is 32.4 Å². The van der Waals surface area contributed by atoms with E-state index in [0.717, 1.165) is 5.69 Å². The maximum absolute atomic E-state index is 11.8. The standard InChI is InChI=1S/C14H18N4O2/c1-10(12-6-3-4-9-15-12)16-13(19)7-5-8-14-17-11(2)18-20-14/h3-4,6,9-10H,5,7-8H2,1-2H3,(H,16,19). The van der Waals surface area contributed by atoms with Crippen molar-refractivity contribution in [1.29, 1.82) is 0 Å². The molecule has 0 aliphatic carbocycles. The Kier molecular flexibility index (Phi) is 4.81. The zero-order chi connectivity index (χ0) is 14.4. The lowest BCUT2D eigenvalue weighted by molar-refractivity contribution is -0.121. The molecule has 6 heteroatoms. The summed E-state index contributed by atoms with van der Waals surface area (Å²) < 4.78 is 4.99. The Bertz CT molecular complexity index is 553. The van der Waals surface area contributed by atoms with E-state index in [2.05, 4.69) is 20.4 Å². The van der Waals surface area contributed by atoms with Gasteiger partial charge in [0.1, 0.15) is 0 Å². The number of carbonyl (C=O) groups excluding carboxylic acids is 1. The van der Waals surface area contributed by atoms with Crippen LogP contribution in [-0.2, 0) is 11.2 Å². The van der Waals surface area contributed by atoms with Crippen LogP contribution in [0.15, 0.2) is 28.9 Å². The van der Waals surface area contributed by atoms with Crippen LogP contribution in [0, 0.1) is 6.92 Å². The number of nitrogens with zero attached hydrogens (tertiary/aromatic N) is 3. The zero-order valence-corrected chi connectivity index (χ0v) is 11.7. The quantitative estimate of drug-likeness (QED) is 0.871. The minimum atomic E-state index is -0.0886. The molecule has 0 bridgehead atoms. The van der Waals surface area contributed by atoms with Gasteiger partial charge in [0, 0.05) is 19.0 Å². The van der Waals surface area contributed by atoms with Crippen LogP contribution >= 0.6 is 0 Å². The highest BCUT2D eigenvalue weighted by molar-refractivity contribution is 5.76. The summed E-state index contributed by atoms with van der Waals surface area (Å²) in [6.07, 6.45) is 3.45. The Labute approximate surface area is 117 Å². The van der Waals surface area contributed by atoms with Gasteiger partial charge < -0.3 is 9.84 Å². The number of amides is 1. The Morgan fingerprint density at radius 1 is 1.45 bits per heavy atom. The normalized spacial score (nSPS) is 12.1. The molecular weight excluding hydrogens is 256 g/mol. The molecule has 1 atom stereocenters. The first kappa shape index (κ1) is 14.2. The molecule has 0 aliphatic rings. The molecule has 0 aromatic carbocycles. The molecule has 2 heterocycles. The van der Waals surface area contributed by atoms with E-state index in [1.165, 1.54) is 0 Å². The van der Waals surface area contributed by atoms with Gasteiger partial charge in [-0.15, -0.1) is 0 Å². The summed E-state index contributed by atoms with van der Waals surface area (Å²) in [7, 11) is 0. The molecule has 2 aromatic rings. The monoisotopic (exact) mass is 274 g/mol. The van der Waals surface area contributed by atoms with Crippen LogP contribution in [0.25, 0.3) is 0 Å². The lowest BCUT2D eigenvalue weighted by Crippen LogP contribution is -2.26. The highest BCUT2D eigenvalue weighted by Crippen LogP contribution is 2.09. The van der Waals surface area contributed by atoms with Crippen molar-refractivity contribution in [2.45, 2.75) is 39.2 Å². The fourth-order valence-corrected chi connectivity index (χ4v) is 1.86. The molecule has 2 rings (SSSR count). The van der Waals surface area contributed by atoms with Crippen molar-refractivity contribution in [3.8, 4) is 0 Å². The van der Waals surface area contributed by atoms with E-state index in [-0.39, 0.29) is 11.9 Å². The Morgan fingerprint density at radius 3 is 2.95 bits per heavy atom. The van der Waals surface area contributed by atoms with Crippen molar-refractivity contribution < 1.29 is 9.32 Å². The number of aromatic nitrogens is 3. The fourth-order valence-electron chi connectivity index (χ4n) is 1.86. The molecule has 0 fully saturated rings. The van der Waals surface area contributed by atoms with Gasteiger partial charge in [0.25, 0.3) is 0 Å². The summed E-state index contributed by atoms with van der Waals surface area (Å²) in [6.45, 7) is 3.69. The van der Waals surface area contributed by atoms with Crippen LogP contribution in [0.4, 0.5) is 0 Å². The molecule has 6 nitrogen and oxygen atoms in total. The first-order valence-corrected chi connectivity index (χ1v) is 6.64. The number of carbonyl (C=O) groups is 1. The highest BCUT2D eigenvalue weighted by atomic mass is 16.5. The van der Waals surface area contributed by atoms with Crippen molar-refractivity contribution in [3.63, 3.8) is 0 Å². The third-order valence-corrected chi connectivity index (χ3v) is 2.87. The molecule has 0 radical (unpaired) electrons. The van der Waals surface area contributed by atoms with E-state index in [4.69, 9.17) is 4.52 Å². The Hall–Kier alpha value is -2.24. The topological polar surface area (TPSA) is 80.9 Å². The van der Waals surface area contributed by atoms with Crippen LogP contribution in [-0.4, -0.2) is 21.0 Å². The summed E-state index contributed by atoms with van der Waals surface area (Å²) in [4.78, 5) is 20.1. The molecule has 0 spiro atoms. The van der Waals surface area contributed by atoms with Gasteiger partial charge in [0.15, 0.2) is 5.82 Å². The van der Waals surface area contributed by atoms with Gasteiger partial charge in [0.05, 0.1) is 11.7 Å². The third-order valence-electron chi connectivity index (χ3n) is 2.87. The molecule has 0 saturated heterocycles. The second-order valence-electron chi connectivity index (χ2n) is 4.63. The van der Waals surface area contributed by atoms with Crippen LogP contribution in [0.1, 0.15) is 43.2 Å². The van der Waals surface area contributed by atoms with Crippen LogP contribution in [0.5, 0.6) is 0 Å². The van der Waals surface area contributed by atoms with Crippen molar-refractivity contribution in [3.05, 3.63) is 41.8 Å². The molecule has 1 unspecified atom stereocenters. The molecule has 0 saturated carbocycles. The Morgan fingerprint density at radius 2 is 2.30 bits per heavy atom. The number of hydrogen-bond donors (Lipinski definition) is 1. The lowest BCUT2D eigenvalue weighted by atomic mass is 10.2. The van der Waals surface area contributed by atoms with E-state index in [1.807, 2.05) is 25.1 Å². The molecule has 106 valence electrons. The maximum Gasteiger partial charge on any atom is 0.226 e.